The second-order valence-corrected chi connectivity index (χ2v) is 1.99. The number of carbonyl (C=O) groups is 1. The van der Waals surface area contributed by atoms with Gasteiger partial charge in [0.2, 0.25) is 0 Å². The summed E-state index contributed by atoms with van der Waals surface area (Å²) < 4.78 is 4.44. The largest absolute Gasteiger partial charge is 0.448 e. The maximum atomic E-state index is 10.0. The molecule has 0 aromatic rings. The zero-order valence-corrected chi connectivity index (χ0v) is 6.38. The first-order valence-corrected chi connectivity index (χ1v) is 3.51. The Balaban J connectivity index is 2.85. The van der Waals surface area contributed by atoms with E-state index in [0.29, 0.717) is 13.0 Å². The lowest BCUT2D eigenvalue weighted by Gasteiger charge is -2.02. The van der Waals surface area contributed by atoms with Gasteiger partial charge in [-0.3, -0.25) is 0 Å². The number of aliphatic hydroxyl groups excluding tert-OH is 1. The number of hydrogen-bond acceptors (Lipinski definition) is 4. The van der Waals surface area contributed by atoms with Crippen molar-refractivity contribution in [3.05, 3.63) is 0 Å². The molecule has 0 aromatic carbocycles. The van der Waals surface area contributed by atoms with Crippen molar-refractivity contribution in [2.75, 3.05) is 26.3 Å². The van der Waals surface area contributed by atoms with Crippen LogP contribution in [0.2, 0.25) is 0 Å². The van der Waals surface area contributed by atoms with Crippen LogP contribution >= 0.6 is 0 Å². The van der Waals surface area contributed by atoms with E-state index in [0.717, 1.165) is 6.54 Å². The van der Waals surface area contributed by atoms with Crippen LogP contribution in [0.4, 0.5) is 4.79 Å². The quantitative estimate of drug-likeness (QED) is 0.440. The van der Waals surface area contributed by atoms with Crippen molar-refractivity contribution < 1.29 is 14.6 Å². The lowest BCUT2D eigenvalue weighted by molar-refractivity contribution is 0.157. The third-order valence-corrected chi connectivity index (χ3v) is 1.03. The number of hydrogen-bond donors (Lipinski definition) is 3. The smallest absolute Gasteiger partial charge is 0.404 e. The van der Waals surface area contributed by atoms with Crippen LogP contribution in [0, 0.1) is 0 Å². The summed E-state index contributed by atoms with van der Waals surface area (Å²) in [7, 11) is 0. The molecular weight excluding hydrogens is 148 g/mol. The summed E-state index contributed by atoms with van der Waals surface area (Å²) in [4.78, 5) is 10.0. The Labute approximate surface area is 65.5 Å². The minimum absolute atomic E-state index is 0.170. The van der Waals surface area contributed by atoms with Gasteiger partial charge in [-0.25, -0.2) is 4.79 Å². The van der Waals surface area contributed by atoms with Crippen molar-refractivity contribution in [2.24, 2.45) is 5.73 Å². The fourth-order valence-corrected chi connectivity index (χ4v) is 0.553. The van der Waals surface area contributed by atoms with Crippen LogP contribution in [0.25, 0.3) is 0 Å². The minimum atomic E-state index is -0.756. The topological polar surface area (TPSA) is 84.6 Å². The van der Waals surface area contributed by atoms with Crippen LogP contribution in [-0.4, -0.2) is 37.5 Å². The Morgan fingerprint density at radius 1 is 1.55 bits per heavy atom. The molecule has 0 aromatic heterocycles. The average Bonchev–Trinajstić information content (AvgIpc) is 1.96. The van der Waals surface area contributed by atoms with Gasteiger partial charge in [-0.05, 0) is 13.0 Å². The highest BCUT2D eigenvalue weighted by Gasteiger charge is 1.91. The van der Waals surface area contributed by atoms with Crippen molar-refractivity contribution in [1.82, 2.24) is 5.32 Å². The van der Waals surface area contributed by atoms with Gasteiger partial charge in [-0.15, -0.1) is 0 Å². The molecule has 5 heteroatoms. The highest BCUT2D eigenvalue weighted by Crippen LogP contribution is 1.73. The molecule has 0 bridgehead atoms. The summed E-state index contributed by atoms with van der Waals surface area (Å²) >= 11 is 0. The van der Waals surface area contributed by atoms with Crippen molar-refractivity contribution >= 4 is 6.09 Å². The lowest BCUT2D eigenvalue weighted by Crippen LogP contribution is -2.24. The van der Waals surface area contributed by atoms with Crippen molar-refractivity contribution in [3.63, 3.8) is 0 Å². The lowest BCUT2D eigenvalue weighted by atomic mass is 10.4. The molecule has 0 unspecified atom stereocenters. The van der Waals surface area contributed by atoms with Crippen LogP contribution in [0.5, 0.6) is 0 Å². The van der Waals surface area contributed by atoms with Gasteiger partial charge in [0.05, 0.1) is 0 Å². The SMILES string of the molecule is NC(=O)OCCNCCCO. The molecule has 0 atom stereocenters. The van der Waals surface area contributed by atoms with Gasteiger partial charge in [-0.2, -0.15) is 0 Å². The molecule has 11 heavy (non-hydrogen) atoms. The molecule has 5 nitrogen and oxygen atoms in total. The Kier molecular flexibility index (Phi) is 6.76. The summed E-state index contributed by atoms with van der Waals surface area (Å²) in [6.45, 7) is 1.74. The van der Waals surface area contributed by atoms with E-state index >= 15 is 0 Å². The number of amides is 1. The second kappa shape index (κ2) is 7.30. The molecule has 0 aliphatic heterocycles. The summed E-state index contributed by atoms with van der Waals surface area (Å²) in [5.74, 6) is 0. The Morgan fingerprint density at radius 2 is 2.27 bits per heavy atom. The van der Waals surface area contributed by atoms with Crippen LogP contribution in [0.1, 0.15) is 6.42 Å². The van der Waals surface area contributed by atoms with Gasteiger partial charge in [0, 0.05) is 13.2 Å². The molecule has 0 aliphatic carbocycles. The van der Waals surface area contributed by atoms with Crippen LogP contribution in [0.3, 0.4) is 0 Å². The van der Waals surface area contributed by atoms with E-state index in [9.17, 15) is 4.79 Å². The normalized spacial score (nSPS) is 9.55. The van der Waals surface area contributed by atoms with E-state index in [-0.39, 0.29) is 13.2 Å². The van der Waals surface area contributed by atoms with Gasteiger partial charge in [0.25, 0.3) is 0 Å². The van der Waals surface area contributed by atoms with E-state index in [1.807, 2.05) is 0 Å². The first-order chi connectivity index (χ1) is 5.27. The predicted molar refractivity (Wildman–Crippen MR) is 40.1 cm³/mol. The van der Waals surface area contributed by atoms with Gasteiger partial charge < -0.3 is 20.9 Å². The fourth-order valence-electron chi connectivity index (χ4n) is 0.553. The number of rotatable bonds is 6. The molecule has 0 spiro atoms. The Hall–Kier alpha value is -0.810. The van der Waals surface area contributed by atoms with Crippen LogP contribution in [0.15, 0.2) is 0 Å². The summed E-state index contributed by atoms with van der Waals surface area (Å²) in [6.07, 6.45) is -0.0507. The van der Waals surface area contributed by atoms with E-state index in [1.54, 1.807) is 0 Å². The highest BCUT2D eigenvalue weighted by molar-refractivity contribution is 5.64. The van der Waals surface area contributed by atoms with Gasteiger partial charge in [0.1, 0.15) is 6.61 Å². The molecule has 0 heterocycles. The number of ether oxygens (including phenoxy) is 1. The molecule has 0 saturated carbocycles. The zero-order valence-electron chi connectivity index (χ0n) is 6.38. The monoisotopic (exact) mass is 162 g/mol. The van der Waals surface area contributed by atoms with Gasteiger partial charge in [-0.1, -0.05) is 0 Å². The predicted octanol–water partition coefficient (Wildman–Crippen LogP) is -0.946. The highest BCUT2D eigenvalue weighted by atomic mass is 16.5. The molecule has 0 fully saturated rings. The molecule has 0 radical (unpaired) electrons. The number of carbonyl (C=O) groups excluding carboxylic acids is 1. The third kappa shape index (κ3) is 9.19. The van der Waals surface area contributed by atoms with Gasteiger partial charge in [0.15, 0.2) is 0 Å². The number of aliphatic hydroxyl groups is 1. The molecular formula is C6H14N2O3. The molecule has 0 rings (SSSR count). The average molecular weight is 162 g/mol. The maximum Gasteiger partial charge on any atom is 0.404 e. The minimum Gasteiger partial charge on any atom is -0.448 e. The summed E-state index contributed by atoms with van der Waals surface area (Å²) in [6, 6.07) is 0. The Bertz CT molecular complexity index is 108. The van der Waals surface area contributed by atoms with Crippen molar-refractivity contribution in [3.8, 4) is 0 Å². The van der Waals surface area contributed by atoms with E-state index in [4.69, 9.17) is 10.8 Å². The van der Waals surface area contributed by atoms with Crippen molar-refractivity contribution in [1.29, 1.82) is 0 Å². The van der Waals surface area contributed by atoms with Crippen LogP contribution < -0.4 is 11.1 Å². The van der Waals surface area contributed by atoms with E-state index < -0.39 is 6.09 Å². The number of primary amides is 1. The standard InChI is InChI=1S/C6H14N2O3/c7-6(10)11-5-3-8-2-1-4-9/h8-9H,1-5H2,(H2,7,10). The zero-order chi connectivity index (χ0) is 8.53. The Morgan fingerprint density at radius 3 is 2.82 bits per heavy atom. The second-order valence-electron chi connectivity index (χ2n) is 1.99. The third-order valence-electron chi connectivity index (χ3n) is 1.03. The van der Waals surface area contributed by atoms with Crippen molar-refractivity contribution in [2.45, 2.75) is 6.42 Å². The maximum absolute atomic E-state index is 10.0. The number of nitrogens with one attached hydrogen (secondary N) is 1. The molecule has 1 amide bonds. The first kappa shape index (κ1) is 10.2. The van der Waals surface area contributed by atoms with Gasteiger partial charge >= 0.3 is 6.09 Å². The summed E-state index contributed by atoms with van der Waals surface area (Å²) in [5.41, 5.74) is 4.70. The molecule has 0 aliphatic rings. The van der Waals surface area contributed by atoms with Crippen LogP contribution in [-0.2, 0) is 4.74 Å². The first-order valence-electron chi connectivity index (χ1n) is 3.51. The molecule has 0 saturated heterocycles. The van der Waals surface area contributed by atoms with E-state index in [1.165, 1.54) is 0 Å². The summed E-state index contributed by atoms with van der Waals surface area (Å²) in [5, 5.41) is 11.3. The molecule has 66 valence electrons. The number of nitrogens with two attached hydrogens (primary N) is 1. The molecule has 4 N–H and O–H groups in total. The fraction of sp³-hybridized carbons (Fsp3) is 0.833. The van der Waals surface area contributed by atoms with E-state index in [2.05, 4.69) is 10.1 Å².